The number of carbonyl (C=O) groups is 3. The summed E-state index contributed by atoms with van der Waals surface area (Å²) in [6.45, 7) is 5.58. The standard InChI is InChI=1S/C21H30BrN3O5.ClH/c1-21(2,3)18(23)20(29)25-11-14(26)9-16(25)19(28)24-15(10-17(27)30-4)12-5-7-13(22)8-6-12;/h5-8,14-16,18,26H,9-11,23H2,1-4H3,(H,24,28);1H/t14-,15+,16+,18+;/m1./s1. The second-order valence-electron chi connectivity index (χ2n) is 8.63. The summed E-state index contributed by atoms with van der Waals surface area (Å²) in [6.07, 6.45) is -0.766. The molecule has 1 saturated heterocycles. The molecule has 0 bridgehead atoms. The third kappa shape index (κ3) is 7.17. The maximum absolute atomic E-state index is 13.1. The van der Waals surface area contributed by atoms with Crippen molar-refractivity contribution in [2.75, 3.05) is 13.7 Å². The molecule has 10 heteroatoms. The van der Waals surface area contributed by atoms with Gasteiger partial charge in [-0.25, -0.2) is 0 Å². The maximum Gasteiger partial charge on any atom is 0.307 e. The molecule has 8 nitrogen and oxygen atoms in total. The molecule has 0 aromatic heterocycles. The van der Waals surface area contributed by atoms with Gasteiger partial charge in [-0.05, 0) is 23.1 Å². The summed E-state index contributed by atoms with van der Waals surface area (Å²) in [5.74, 6) is -1.30. The van der Waals surface area contributed by atoms with E-state index in [1.54, 1.807) is 12.1 Å². The van der Waals surface area contributed by atoms with Crippen molar-refractivity contribution in [3.63, 3.8) is 0 Å². The van der Waals surface area contributed by atoms with Gasteiger partial charge in [0.1, 0.15) is 6.04 Å². The van der Waals surface area contributed by atoms with Crippen LogP contribution in [0.5, 0.6) is 0 Å². The molecule has 0 radical (unpaired) electrons. The van der Waals surface area contributed by atoms with Gasteiger partial charge in [-0.3, -0.25) is 14.4 Å². The number of esters is 1. The number of ether oxygens (including phenoxy) is 1. The molecule has 1 aromatic rings. The summed E-state index contributed by atoms with van der Waals surface area (Å²) in [6, 6.07) is 4.89. The van der Waals surface area contributed by atoms with E-state index in [1.165, 1.54) is 12.0 Å². The minimum Gasteiger partial charge on any atom is -0.469 e. The van der Waals surface area contributed by atoms with Gasteiger partial charge in [-0.1, -0.05) is 48.8 Å². The summed E-state index contributed by atoms with van der Waals surface area (Å²) in [4.78, 5) is 39.2. The largest absolute Gasteiger partial charge is 0.469 e. The second-order valence-corrected chi connectivity index (χ2v) is 9.55. The van der Waals surface area contributed by atoms with Crippen LogP contribution in [0.2, 0.25) is 0 Å². The van der Waals surface area contributed by atoms with E-state index < -0.39 is 41.5 Å². The number of β-amino-alcohol motifs (C(OH)–C–C–N with tert-alkyl or cyclic N) is 1. The maximum atomic E-state index is 13.1. The molecule has 0 spiro atoms. The number of benzene rings is 1. The minimum absolute atomic E-state index is 0. The van der Waals surface area contributed by atoms with Crippen LogP contribution in [0.25, 0.3) is 0 Å². The van der Waals surface area contributed by atoms with Gasteiger partial charge < -0.3 is 25.8 Å². The van der Waals surface area contributed by atoms with Crippen molar-refractivity contribution in [2.45, 2.75) is 57.8 Å². The number of amides is 2. The minimum atomic E-state index is -0.864. The van der Waals surface area contributed by atoms with Crippen molar-refractivity contribution >= 4 is 46.1 Å². The molecule has 4 atom stereocenters. The molecule has 2 rings (SSSR count). The summed E-state index contributed by atoms with van der Waals surface area (Å²) < 4.78 is 5.62. The molecule has 1 aromatic carbocycles. The molecule has 1 aliphatic heterocycles. The molecular formula is C21H31BrClN3O5. The van der Waals surface area contributed by atoms with Crippen LogP contribution in [0.4, 0.5) is 0 Å². The molecule has 0 saturated carbocycles. The molecular weight excluding hydrogens is 490 g/mol. The Kier molecular flexibility index (Phi) is 9.94. The zero-order valence-corrected chi connectivity index (χ0v) is 20.5. The van der Waals surface area contributed by atoms with E-state index in [1.807, 2.05) is 32.9 Å². The molecule has 0 unspecified atom stereocenters. The second kappa shape index (κ2) is 11.3. The van der Waals surface area contributed by atoms with Crippen LogP contribution in [-0.4, -0.2) is 59.6 Å². The van der Waals surface area contributed by atoms with Crippen LogP contribution < -0.4 is 11.1 Å². The van der Waals surface area contributed by atoms with Gasteiger partial charge in [-0.2, -0.15) is 0 Å². The normalized spacial score (nSPS) is 20.4. The Morgan fingerprint density at radius 1 is 1.29 bits per heavy atom. The Bertz CT molecular complexity index is 784. The highest BCUT2D eigenvalue weighted by Gasteiger charge is 2.43. The molecule has 1 heterocycles. The SMILES string of the molecule is COC(=O)C[C@H](NC(=O)[C@@H]1C[C@@H](O)CN1C(=O)[C@H](N)C(C)(C)C)c1ccc(Br)cc1.Cl. The lowest BCUT2D eigenvalue weighted by Gasteiger charge is -2.33. The van der Waals surface area contributed by atoms with Crippen LogP contribution in [0, 0.1) is 5.41 Å². The highest BCUT2D eigenvalue weighted by atomic mass is 79.9. The van der Waals surface area contributed by atoms with Crippen LogP contribution in [0.3, 0.4) is 0 Å². The number of nitrogens with two attached hydrogens (primary N) is 1. The van der Waals surface area contributed by atoms with E-state index in [2.05, 4.69) is 21.2 Å². The van der Waals surface area contributed by atoms with Crippen LogP contribution >= 0.6 is 28.3 Å². The van der Waals surface area contributed by atoms with Crippen molar-refractivity contribution in [3.8, 4) is 0 Å². The highest BCUT2D eigenvalue weighted by molar-refractivity contribution is 9.10. The highest BCUT2D eigenvalue weighted by Crippen LogP contribution is 2.26. The third-order valence-electron chi connectivity index (χ3n) is 5.25. The number of carbonyl (C=O) groups excluding carboxylic acids is 3. The predicted molar refractivity (Wildman–Crippen MR) is 122 cm³/mol. The first-order chi connectivity index (χ1) is 13.9. The topological polar surface area (TPSA) is 122 Å². The van der Waals surface area contributed by atoms with Crippen LogP contribution in [0.15, 0.2) is 28.7 Å². The number of aliphatic hydroxyl groups is 1. The summed E-state index contributed by atoms with van der Waals surface area (Å²) >= 11 is 3.36. The molecule has 31 heavy (non-hydrogen) atoms. The molecule has 174 valence electrons. The number of nitrogens with one attached hydrogen (secondary N) is 1. The fourth-order valence-electron chi connectivity index (χ4n) is 3.32. The number of methoxy groups -OCH3 is 1. The predicted octanol–water partition coefficient (Wildman–Crippen LogP) is 1.93. The Balaban J connectivity index is 0.00000480. The lowest BCUT2D eigenvalue weighted by atomic mass is 9.86. The average molecular weight is 521 g/mol. The zero-order chi connectivity index (χ0) is 22.6. The van der Waals surface area contributed by atoms with E-state index in [9.17, 15) is 19.5 Å². The Hall–Kier alpha value is -1.68. The van der Waals surface area contributed by atoms with Gasteiger partial charge in [0.25, 0.3) is 0 Å². The van der Waals surface area contributed by atoms with Crippen LogP contribution in [0.1, 0.15) is 45.2 Å². The van der Waals surface area contributed by atoms with E-state index in [4.69, 9.17) is 10.5 Å². The van der Waals surface area contributed by atoms with Crippen molar-refractivity contribution in [1.82, 2.24) is 10.2 Å². The van der Waals surface area contributed by atoms with Gasteiger partial charge in [0, 0.05) is 17.4 Å². The van der Waals surface area contributed by atoms with Crippen molar-refractivity contribution in [1.29, 1.82) is 0 Å². The number of rotatable bonds is 6. The number of hydrogen-bond donors (Lipinski definition) is 3. The summed E-state index contributed by atoms with van der Waals surface area (Å²) in [5.41, 5.74) is 6.33. The summed E-state index contributed by atoms with van der Waals surface area (Å²) in [5, 5.41) is 13.0. The Morgan fingerprint density at radius 2 is 1.87 bits per heavy atom. The van der Waals surface area contributed by atoms with Gasteiger partial charge >= 0.3 is 5.97 Å². The lowest BCUT2D eigenvalue weighted by Crippen LogP contribution is -2.55. The monoisotopic (exact) mass is 519 g/mol. The van der Waals surface area contributed by atoms with Gasteiger partial charge in [0.05, 0.1) is 31.7 Å². The first-order valence-corrected chi connectivity index (χ1v) is 10.6. The van der Waals surface area contributed by atoms with Gasteiger partial charge in [0.2, 0.25) is 11.8 Å². The molecule has 2 amide bonds. The van der Waals surface area contributed by atoms with Gasteiger partial charge in [-0.15, -0.1) is 12.4 Å². The van der Waals surface area contributed by atoms with Crippen molar-refractivity contribution in [3.05, 3.63) is 34.3 Å². The van der Waals surface area contributed by atoms with E-state index in [-0.39, 0.29) is 37.7 Å². The van der Waals surface area contributed by atoms with Crippen molar-refractivity contribution in [2.24, 2.45) is 11.1 Å². The molecule has 4 N–H and O–H groups in total. The van der Waals surface area contributed by atoms with E-state index >= 15 is 0 Å². The van der Waals surface area contributed by atoms with E-state index in [0.717, 1.165) is 10.0 Å². The molecule has 1 aliphatic rings. The number of hydrogen-bond acceptors (Lipinski definition) is 6. The first kappa shape index (κ1) is 27.4. The Labute approximate surface area is 197 Å². The first-order valence-electron chi connectivity index (χ1n) is 9.80. The fourth-order valence-corrected chi connectivity index (χ4v) is 3.58. The average Bonchev–Trinajstić information content (AvgIpc) is 3.07. The quantitative estimate of drug-likeness (QED) is 0.493. The fraction of sp³-hybridized carbons (Fsp3) is 0.571. The van der Waals surface area contributed by atoms with Crippen molar-refractivity contribution < 1.29 is 24.2 Å². The van der Waals surface area contributed by atoms with E-state index in [0.29, 0.717) is 0 Å². The summed E-state index contributed by atoms with van der Waals surface area (Å²) in [7, 11) is 1.28. The molecule has 0 aliphatic carbocycles. The third-order valence-corrected chi connectivity index (χ3v) is 5.78. The number of nitrogens with zero attached hydrogens (tertiary/aromatic N) is 1. The number of aliphatic hydroxyl groups excluding tert-OH is 1. The zero-order valence-electron chi connectivity index (χ0n) is 18.1. The van der Waals surface area contributed by atoms with Crippen LogP contribution in [-0.2, 0) is 19.1 Å². The molecule has 1 fully saturated rings. The van der Waals surface area contributed by atoms with Gasteiger partial charge in [0.15, 0.2) is 0 Å². The lowest BCUT2D eigenvalue weighted by molar-refractivity contribution is -0.143. The Morgan fingerprint density at radius 3 is 2.39 bits per heavy atom. The smallest absolute Gasteiger partial charge is 0.307 e. The number of halogens is 2. The number of likely N-dealkylation sites (tertiary alicyclic amines) is 1.